The lowest BCUT2D eigenvalue weighted by Crippen LogP contribution is -2.27. The first-order valence-corrected chi connectivity index (χ1v) is 9.19. The molecule has 136 valence electrons. The van der Waals surface area contributed by atoms with Crippen LogP contribution in [0.4, 0.5) is 0 Å². The van der Waals surface area contributed by atoms with Gasteiger partial charge in [-0.3, -0.25) is 4.79 Å². The van der Waals surface area contributed by atoms with E-state index in [4.69, 9.17) is 16.3 Å². The number of nitrogens with zero attached hydrogens (tertiary/aromatic N) is 5. The molecule has 0 aliphatic carbocycles. The number of pyridine rings is 1. The molecule has 4 heterocycles. The Labute approximate surface area is 159 Å². The Kier molecular flexibility index (Phi) is 3.91. The van der Waals surface area contributed by atoms with Crippen molar-refractivity contribution < 1.29 is 4.74 Å². The zero-order valence-electron chi connectivity index (χ0n) is 14.4. The van der Waals surface area contributed by atoms with Crippen LogP contribution in [0.5, 0.6) is 0 Å². The standard InChI is InChI=1S/C19H16ClN5O2/c20-13-5-3-12(4-6-13)15-10-21-25-16-7-8-24(11-14-2-1-9-27-14)19(26)17(16)22-23-18(15)25/h3-8,10,14H,1-2,9,11H2. The third kappa shape index (κ3) is 2.79. The maximum atomic E-state index is 12.8. The molecule has 4 aromatic rings. The molecule has 0 amide bonds. The first-order chi connectivity index (χ1) is 13.2. The lowest BCUT2D eigenvalue weighted by atomic mass is 10.1. The molecular weight excluding hydrogens is 366 g/mol. The van der Waals surface area contributed by atoms with Gasteiger partial charge in [-0.05, 0) is 36.6 Å². The van der Waals surface area contributed by atoms with Gasteiger partial charge in [0.05, 0.1) is 18.8 Å². The van der Waals surface area contributed by atoms with E-state index in [9.17, 15) is 4.79 Å². The summed E-state index contributed by atoms with van der Waals surface area (Å²) in [5.41, 5.74) is 3.13. The highest BCUT2D eigenvalue weighted by molar-refractivity contribution is 6.30. The number of hydrogen-bond donors (Lipinski definition) is 0. The van der Waals surface area contributed by atoms with E-state index >= 15 is 0 Å². The van der Waals surface area contributed by atoms with Crippen molar-refractivity contribution in [2.24, 2.45) is 0 Å². The van der Waals surface area contributed by atoms with Crippen LogP contribution in [0.2, 0.25) is 5.02 Å². The maximum absolute atomic E-state index is 12.8. The van der Waals surface area contributed by atoms with E-state index in [0.717, 1.165) is 30.6 Å². The summed E-state index contributed by atoms with van der Waals surface area (Å²) < 4.78 is 8.93. The van der Waals surface area contributed by atoms with Crippen molar-refractivity contribution in [2.45, 2.75) is 25.5 Å². The summed E-state index contributed by atoms with van der Waals surface area (Å²) in [4.78, 5) is 12.8. The minimum atomic E-state index is -0.180. The van der Waals surface area contributed by atoms with Crippen LogP contribution in [0.25, 0.3) is 27.8 Å². The van der Waals surface area contributed by atoms with E-state index in [0.29, 0.717) is 28.2 Å². The molecule has 1 fully saturated rings. The SMILES string of the molecule is O=c1c2nnc3c(-c4ccc(Cl)cc4)cnn3c2ccn1CC1CCCO1. The highest BCUT2D eigenvalue weighted by atomic mass is 35.5. The quantitative estimate of drug-likeness (QED) is 0.545. The Morgan fingerprint density at radius 3 is 2.81 bits per heavy atom. The summed E-state index contributed by atoms with van der Waals surface area (Å²) in [6, 6.07) is 9.30. The topological polar surface area (TPSA) is 74.3 Å². The third-order valence-corrected chi connectivity index (χ3v) is 5.17. The van der Waals surface area contributed by atoms with Gasteiger partial charge in [-0.2, -0.15) is 5.10 Å². The minimum absolute atomic E-state index is 0.0815. The highest BCUT2D eigenvalue weighted by Crippen LogP contribution is 2.25. The van der Waals surface area contributed by atoms with E-state index in [2.05, 4.69) is 15.3 Å². The fourth-order valence-corrected chi connectivity index (χ4v) is 3.64. The first kappa shape index (κ1) is 16.4. The van der Waals surface area contributed by atoms with E-state index < -0.39 is 0 Å². The van der Waals surface area contributed by atoms with E-state index in [1.54, 1.807) is 21.5 Å². The molecule has 1 aromatic carbocycles. The Balaban J connectivity index is 1.62. The molecule has 0 bridgehead atoms. The van der Waals surface area contributed by atoms with E-state index in [1.807, 2.05) is 30.3 Å². The van der Waals surface area contributed by atoms with Gasteiger partial charge >= 0.3 is 0 Å². The number of hydrogen-bond acceptors (Lipinski definition) is 5. The van der Waals surface area contributed by atoms with Gasteiger partial charge in [0.15, 0.2) is 11.2 Å². The zero-order chi connectivity index (χ0) is 18.4. The molecule has 0 radical (unpaired) electrons. The second kappa shape index (κ2) is 6.44. The average Bonchev–Trinajstić information content (AvgIpc) is 3.34. The molecule has 1 aliphatic heterocycles. The lowest BCUT2D eigenvalue weighted by molar-refractivity contribution is 0.0963. The van der Waals surface area contributed by atoms with Crippen LogP contribution in [-0.2, 0) is 11.3 Å². The van der Waals surface area contributed by atoms with Crippen molar-refractivity contribution in [1.29, 1.82) is 0 Å². The number of rotatable bonds is 3. The number of fused-ring (bicyclic) bond motifs is 3. The summed E-state index contributed by atoms with van der Waals surface area (Å²) in [5.74, 6) is 0. The van der Waals surface area contributed by atoms with Crippen LogP contribution < -0.4 is 5.56 Å². The van der Waals surface area contributed by atoms with Gasteiger partial charge in [-0.15, -0.1) is 10.2 Å². The molecule has 27 heavy (non-hydrogen) atoms. The van der Waals surface area contributed by atoms with Crippen LogP contribution in [0.15, 0.2) is 47.5 Å². The molecule has 1 atom stereocenters. The number of ether oxygens (including phenoxy) is 1. The molecule has 5 rings (SSSR count). The summed E-state index contributed by atoms with van der Waals surface area (Å²) in [6.07, 6.45) is 5.59. The van der Waals surface area contributed by atoms with Crippen LogP contribution in [-0.4, -0.2) is 37.1 Å². The Morgan fingerprint density at radius 1 is 1.19 bits per heavy atom. The molecule has 0 spiro atoms. The largest absolute Gasteiger partial charge is 0.376 e. The van der Waals surface area contributed by atoms with Gasteiger partial charge in [0.25, 0.3) is 5.56 Å². The summed E-state index contributed by atoms with van der Waals surface area (Å²) in [6.45, 7) is 1.29. The van der Waals surface area contributed by atoms with Crippen molar-refractivity contribution in [2.75, 3.05) is 6.61 Å². The fraction of sp³-hybridized carbons (Fsp3) is 0.263. The Morgan fingerprint density at radius 2 is 2.04 bits per heavy atom. The normalized spacial score (nSPS) is 17.1. The molecule has 8 heteroatoms. The van der Waals surface area contributed by atoms with Crippen LogP contribution in [0.1, 0.15) is 12.8 Å². The van der Waals surface area contributed by atoms with Crippen LogP contribution >= 0.6 is 11.6 Å². The minimum Gasteiger partial charge on any atom is -0.376 e. The third-order valence-electron chi connectivity index (χ3n) is 4.91. The van der Waals surface area contributed by atoms with Gasteiger partial charge in [-0.1, -0.05) is 23.7 Å². The maximum Gasteiger partial charge on any atom is 0.280 e. The fourth-order valence-electron chi connectivity index (χ4n) is 3.51. The summed E-state index contributed by atoms with van der Waals surface area (Å²) >= 11 is 5.97. The van der Waals surface area contributed by atoms with Crippen molar-refractivity contribution in [3.63, 3.8) is 0 Å². The monoisotopic (exact) mass is 381 g/mol. The average molecular weight is 382 g/mol. The Bertz CT molecular complexity index is 1190. The van der Waals surface area contributed by atoms with Crippen molar-refractivity contribution in [1.82, 2.24) is 24.4 Å². The predicted molar refractivity (Wildman–Crippen MR) is 102 cm³/mol. The summed E-state index contributed by atoms with van der Waals surface area (Å²) in [5, 5.41) is 13.6. The molecule has 0 saturated carbocycles. The number of aromatic nitrogens is 5. The van der Waals surface area contributed by atoms with Gasteiger partial charge in [0, 0.05) is 23.4 Å². The van der Waals surface area contributed by atoms with Crippen LogP contribution in [0.3, 0.4) is 0 Å². The van der Waals surface area contributed by atoms with Gasteiger partial charge in [0.1, 0.15) is 5.52 Å². The van der Waals surface area contributed by atoms with Crippen molar-refractivity contribution in [3.8, 4) is 11.1 Å². The van der Waals surface area contributed by atoms with Crippen molar-refractivity contribution >= 4 is 28.3 Å². The molecule has 1 aliphatic rings. The molecule has 0 N–H and O–H groups in total. The second-order valence-electron chi connectivity index (χ2n) is 6.64. The molecule has 1 saturated heterocycles. The molecule has 7 nitrogen and oxygen atoms in total. The van der Waals surface area contributed by atoms with E-state index in [-0.39, 0.29) is 11.7 Å². The van der Waals surface area contributed by atoms with Gasteiger partial charge < -0.3 is 9.30 Å². The number of benzene rings is 1. The van der Waals surface area contributed by atoms with Crippen molar-refractivity contribution in [3.05, 3.63) is 58.1 Å². The van der Waals surface area contributed by atoms with E-state index in [1.165, 1.54) is 0 Å². The lowest BCUT2D eigenvalue weighted by Gasteiger charge is -2.12. The first-order valence-electron chi connectivity index (χ1n) is 8.82. The van der Waals surface area contributed by atoms with Gasteiger partial charge in [-0.25, -0.2) is 4.52 Å². The van der Waals surface area contributed by atoms with Crippen LogP contribution in [0, 0.1) is 0 Å². The van der Waals surface area contributed by atoms with Gasteiger partial charge in [0.2, 0.25) is 0 Å². The highest BCUT2D eigenvalue weighted by Gasteiger charge is 2.19. The molecular formula is C19H16ClN5O2. The molecule has 3 aromatic heterocycles. The Hall–Kier alpha value is -2.77. The predicted octanol–water partition coefficient (Wildman–Crippen LogP) is 2.94. The zero-order valence-corrected chi connectivity index (χ0v) is 15.1. The number of halogens is 1. The summed E-state index contributed by atoms with van der Waals surface area (Å²) in [7, 11) is 0. The second-order valence-corrected chi connectivity index (χ2v) is 7.08. The molecule has 1 unspecified atom stereocenters. The smallest absolute Gasteiger partial charge is 0.280 e.